The van der Waals surface area contributed by atoms with E-state index in [2.05, 4.69) is 10.3 Å². The highest BCUT2D eigenvalue weighted by molar-refractivity contribution is 5.96. The normalized spacial score (nSPS) is 15.6. The summed E-state index contributed by atoms with van der Waals surface area (Å²) in [5, 5.41) is 11.6. The van der Waals surface area contributed by atoms with E-state index in [4.69, 9.17) is 14.6 Å². The lowest BCUT2D eigenvalue weighted by molar-refractivity contribution is 0.0546. The number of fused-ring (bicyclic) bond motifs is 1. The summed E-state index contributed by atoms with van der Waals surface area (Å²) in [6.07, 6.45) is -0.263. The summed E-state index contributed by atoms with van der Waals surface area (Å²) in [7, 11) is 0. The smallest absolute Gasteiger partial charge is 0.415 e. The first kappa shape index (κ1) is 23.5. The molecule has 3 rings (SSSR count). The molecule has 32 heavy (non-hydrogen) atoms. The number of carbonyl (C=O) groups is 2. The maximum Gasteiger partial charge on any atom is 0.415 e. The summed E-state index contributed by atoms with van der Waals surface area (Å²) in [6.45, 7) is 7.21. The van der Waals surface area contributed by atoms with Crippen molar-refractivity contribution in [1.29, 1.82) is 0 Å². The molecule has 172 valence electrons. The van der Waals surface area contributed by atoms with Crippen LogP contribution in [0.5, 0.6) is 5.88 Å². The molecule has 0 fully saturated rings. The minimum Gasteiger partial charge on any atom is -0.474 e. The first-order valence-electron chi connectivity index (χ1n) is 10.4. The summed E-state index contributed by atoms with van der Waals surface area (Å²) in [4.78, 5) is 31.5. The number of anilines is 1. The van der Waals surface area contributed by atoms with Gasteiger partial charge in [-0.05, 0) is 63.4 Å². The van der Waals surface area contributed by atoms with Crippen LogP contribution in [0, 0.1) is 5.82 Å². The summed E-state index contributed by atoms with van der Waals surface area (Å²) in [6, 6.07) is 7.28. The third-order valence-electron chi connectivity index (χ3n) is 4.72. The van der Waals surface area contributed by atoms with Gasteiger partial charge in [-0.2, -0.15) is 0 Å². The number of hydrogen-bond donors (Lipinski definition) is 2. The van der Waals surface area contributed by atoms with Crippen LogP contribution < -0.4 is 15.0 Å². The third-order valence-corrected chi connectivity index (χ3v) is 4.72. The zero-order valence-corrected chi connectivity index (χ0v) is 18.6. The van der Waals surface area contributed by atoms with Gasteiger partial charge in [0.2, 0.25) is 5.88 Å². The molecule has 0 aliphatic carbocycles. The molecular formula is C23H28FN3O5. The van der Waals surface area contributed by atoms with Crippen LogP contribution in [0.25, 0.3) is 0 Å². The van der Waals surface area contributed by atoms with Gasteiger partial charge in [0, 0.05) is 6.54 Å². The molecular weight excluding hydrogens is 417 g/mol. The predicted molar refractivity (Wildman–Crippen MR) is 117 cm³/mol. The van der Waals surface area contributed by atoms with Crippen molar-refractivity contribution < 1.29 is 28.6 Å². The Labute approximate surface area is 186 Å². The van der Waals surface area contributed by atoms with Gasteiger partial charge in [0.1, 0.15) is 29.4 Å². The van der Waals surface area contributed by atoms with Crippen molar-refractivity contribution in [3.05, 3.63) is 53.0 Å². The number of hydrogen-bond acceptors (Lipinski definition) is 6. The molecule has 0 saturated carbocycles. The fraction of sp³-hybridized carbons (Fsp3) is 0.435. The largest absolute Gasteiger partial charge is 0.474 e. The molecule has 2 amide bonds. The molecule has 2 aromatic rings. The van der Waals surface area contributed by atoms with Crippen LogP contribution in [0.15, 0.2) is 30.3 Å². The van der Waals surface area contributed by atoms with Crippen LogP contribution in [0.1, 0.15) is 49.3 Å². The Morgan fingerprint density at radius 3 is 2.62 bits per heavy atom. The fourth-order valence-corrected chi connectivity index (χ4v) is 3.31. The van der Waals surface area contributed by atoms with E-state index in [-0.39, 0.29) is 49.6 Å². The number of rotatable bonds is 5. The van der Waals surface area contributed by atoms with Crippen molar-refractivity contribution >= 4 is 17.7 Å². The van der Waals surface area contributed by atoms with Gasteiger partial charge in [0.25, 0.3) is 5.91 Å². The Hall–Kier alpha value is -3.20. The number of aliphatic hydroxyl groups excluding tert-OH is 1. The zero-order chi connectivity index (χ0) is 23.5. The molecule has 2 heterocycles. The number of amides is 2. The Bertz CT molecular complexity index is 988. The molecule has 1 aliphatic rings. The Morgan fingerprint density at radius 1 is 1.31 bits per heavy atom. The Morgan fingerprint density at radius 2 is 2.00 bits per heavy atom. The maximum atomic E-state index is 13.3. The fourth-order valence-electron chi connectivity index (χ4n) is 3.31. The number of ether oxygens (including phenoxy) is 2. The first-order valence-corrected chi connectivity index (χ1v) is 10.4. The topological polar surface area (TPSA) is 101 Å². The molecule has 9 heteroatoms. The number of aromatic nitrogens is 1. The van der Waals surface area contributed by atoms with Gasteiger partial charge in [0.05, 0.1) is 12.6 Å². The lowest BCUT2D eigenvalue weighted by Gasteiger charge is -2.36. The number of carbonyl (C=O) groups excluding carboxylic acids is 2. The number of aliphatic hydroxyl groups is 1. The predicted octanol–water partition coefficient (Wildman–Crippen LogP) is 3.06. The van der Waals surface area contributed by atoms with Crippen LogP contribution in [0.4, 0.5) is 14.9 Å². The second-order valence-corrected chi connectivity index (χ2v) is 8.61. The highest BCUT2D eigenvalue weighted by Gasteiger charge is 2.35. The van der Waals surface area contributed by atoms with Gasteiger partial charge in [0.15, 0.2) is 0 Å². The SMILES string of the molecule is C[C@H]1COc2nc(C(=O)NCCO)c(Cc3ccc(F)cc3)cc2N1C(=O)OC(C)(C)C. The molecule has 2 N–H and O–H groups in total. The molecule has 0 spiro atoms. The summed E-state index contributed by atoms with van der Waals surface area (Å²) in [5.41, 5.74) is 1.10. The molecule has 1 aliphatic heterocycles. The number of benzene rings is 1. The van der Waals surface area contributed by atoms with Gasteiger partial charge in [-0.25, -0.2) is 14.2 Å². The lowest BCUT2D eigenvalue weighted by Crippen LogP contribution is -2.47. The van der Waals surface area contributed by atoms with Crippen molar-refractivity contribution in [3.63, 3.8) is 0 Å². The van der Waals surface area contributed by atoms with Crippen LogP contribution in [0.3, 0.4) is 0 Å². The van der Waals surface area contributed by atoms with Crippen LogP contribution >= 0.6 is 0 Å². The molecule has 1 aromatic heterocycles. The highest BCUT2D eigenvalue weighted by Crippen LogP contribution is 2.36. The van der Waals surface area contributed by atoms with E-state index in [1.54, 1.807) is 39.0 Å². The molecule has 0 bridgehead atoms. The van der Waals surface area contributed by atoms with E-state index in [1.807, 2.05) is 6.92 Å². The number of nitrogens with zero attached hydrogens (tertiary/aromatic N) is 2. The van der Waals surface area contributed by atoms with Gasteiger partial charge < -0.3 is 19.9 Å². The van der Waals surface area contributed by atoms with Crippen LogP contribution in [-0.4, -0.2) is 53.5 Å². The monoisotopic (exact) mass is 445 g/mol. The molecule has 1 atom stereocenters. The van der Waals surface area contributed by atoms with Gasteiger partial charge >= 0.3 is 6.09 Å². The lowest BCUT2D eigenvalue weighted by atomic mass is 10.0. The van der Waals surface area contributed by atoms with Crippen molar-refractivity contribution in [2.45, 2.75) is 45.8 Å². The van der Waals surface area contributed by atoms with E-state index in [9.17, 15) is 14.0 Å². The van der Waals surface area contributed by atoms with Crippen molar-refractivity contribution in [3.8, 4) is 5.88 Å². The molecule has 8 nitrogen and oxygen atoms in total. The van der Waals surface area contributed by atoms with E-state index in [0.29, 0.717) is 11.3 Å². The third kappa shape index (κ3) is 5.53. The van der Waals surface area contributed by atoms with Crippen LogP contribution in [0.2, 0.25) is 0 Å². The van der Waals surface area contributed by atoms with Gasteiger partial charge in [-0.15, -0.1) is 0 Å². The number of nitrogens with one attached hydrogen (secondary N) is 1. The summed E-state index contributed by atoms with van der Waals surface area (Å²) < 4.78 is 24.6. The van der Waals surface area contributed by atoms with E-state index in [1.165, 1.54) is 17.0 Å². The van der Waals surface area contributed by atoms with Crippen molar-refractivity contribution in [1.82, 2.24) is 10.3 Å². The first-order chi connectivity index (χ1) is 15.1. The Kier molecular flexibility index (Phi) is 6.98. The summed E-state index contributed by atoms with van der Waals surface area (Å²) >= 11 is 0. The molecule has 0 saturated heterocycles. The maximum absolute atomic E-state index is 13.3. The quantitative estimate of drug-likeness (QED) is 0.734. The van der Waals surface area contributed by atoms with Crippen molar-refractivity contribution in [2.24, 2.45) is 0 Å². The van der Waals surface area contributed by atoms with E-state index >= 15 is 0 Å². The minimum absolute atomic E-state index is 0.0650. The average molecular weight is 445 g/mol. The van der Waals surface area contributed by atoms with Gasteiger partial charge in [-0.1, -0.05) is 12.1 Å². The highest BCUT2D eigenvalue weighted by atomic mass is 19.1. The van der Waals surface area contributed by atoms with Crippen molar-refractivity contribution in [2.75, 3.05) is 24.7 Å². The second kappa shape index (κ2) is 9.52. The molecule has 0 unspecified atom stereocenters. The van der Waals surface area contributed by atoms with E-state index in [0.717, 1.165) is 5.56 Å². The zero-order valence-electron chi connectivity index (χ0n) is 18.6. The minimum atomic E-state index is -0.691. The molecule has 0 radical (unpaired) electrons. The average Bonchev–Trinajstić information content (AvgIpc) is 2.71. The van der Waals surface area contributed by atoms with Gasteiger partial charge in [-0.3, -0.25) is 9.69 Å². The molecule has 1 aromatic carbocycles. The number of pyridine rings is 1. The number of halogens is 1. The summed E-state index contributed by atoms with van der Waals surface area (Å²) in [5.74, 6) is -0.701. The Balaban J connectivity index is 2.06. The standard InChI is InChI=1S/C23H28FN3O5/c1-14-13-31-21-18(27(14)22(30)32-23(2,3)4)12-16(11-15-5-7-17(24)8-6-15)19(26-21)20(29)25-9-10-28/h5-8,12,14,28H,9-11,13H2,1-4H3,(H,25,29)/t14-/m0/s1. The van der Waals surface area contributed by atoms with E-state index < -0.39 is 17.6 Å². The van der Waals surface area contributed by atoms with Crippen LogP contribution in [-0.2, 0) is 11.2 Å². The second-order valence-electron chi connectivity index (χ2n) is 8.61.